The Morgan fingerprint density at radius 1 is 1.04 bits per heavy atom. The molecule has 0 aliphatic carbocycles. The van der Waals surface area contributed by atoms with Crippen molar-refractivity contribution in [2.45, 2.75) is 12.7 Å². The number of nitrogens with one attached hydrogen (secondary N) is 2. The van der Waals surface area contributed by atoms with Crippen molar-refractivity contribution in [1.82, 2.24) is 25.5 Å². The summed E-state index contributed by atoms with van der Waals surface area (Å²) in [6.45, 7) is 1.29. The highest BCUT2D eigenvalue weighted by Crippen LogP contribution is 2.32. The maximum absolute atomic E-state index is 12.7. The van der Waals surface area contributed by atoms with E-state index in [0.717, 1.165) is 12.1 Å². The molecule has 0 bridgehead atoms. The minimum absolute atomic E-state index is 0.441. The van der Waals surface area contributed by atoms with Crippen LogP contribution in [0, 0.1) is 0 Å². The van der Waals surface area contributed by atoms with Gasteiger partial charge < -0.3 is 10.6 Å². The van der Waals surface area contributed by atoms with E-state index in [1.807, 2.05) is 25.2 Å². The van der Waals surface area contributed by atoms with Gasteiger partial charge >= 0.3 is 6.18 Å². The zero-order valence-electron chi connectivity index (χ0n) is 14.0. The van der Waals surface area contributed by atoms with Gasteiger partial charge in [-0.25, -0.2) is 0 Å². The second kappa shape index (κ2) is 7.52. The quantitative estimate of drug-likeness (QED) is 0.704. The summed E-state index contributed by atoms with van der Waals surface area (Å²) in [5.41, 5.74) is 1.24. The highest BCUT2D eigenvalue weighted by molar-refractivity contribution is 5.77. The Labute approximate surface area is 148 Å². The van der Waals surface area contributed by atoms with Gasteiger partial charge in [0.1, 0.15) is 0 Å². The molecule has 0 atom stereocenters. The molecule has 26 heavy (non-hydrogen) atoms. The summed E-state index contributed by atoms with van der Waals surface area (Å²) < 4.78 is 38.0. The second-order valence-corrected chi connectivity index (χ2v) is 5.56. The Hall–Kier alpha value is -2.94. The Morgan fingerprint density at radius 3 is 2.46 bits per heavy atom. The van der Waals surface area contributed by atoms with Crippen LogP contribution >= 0.6 is 0 Å². The lowest BCUT2D eigenvalue weighted by atomic mass is 10.1. The molecule has 0 spiro atoms. The van der Waals surface area contributed by atoms with E-state index in [1.165, 1.54) is 16.9 Å². The zero-order valence-corrected chi connectivity index (χ0v) is 14.0. The molecule has 9 heteroatoms. The predicted octanol–water partition coefficient (Wildman–Crippen LogP) is 3.32. The number of halogens is 3. The minimum atomic E-state index is -4.35. The maximum atomic E-state index is 12.7. The van der Waals surface area contributed by atoms with Crippen molar-refractivity contribution < 1.29 is 13.2 Å². The molecule has 1 heterocycles. The van der Waals surface area contributed by atoms with Gasteiger partial charge in [-0.3, -0.25) is 0 Å². The number of aromatic nitrogens is 4. The van der Waals surface area contributed by atoms with Crippen molar-refractivity contribution in [3.8, 4) is 11.4 Å². The monoisotopic (exact) mass is 362 g/mol. The lowest BCUT2D eigenvalue weighted by Crippen LogP contribution is -2.16. The van der Waals surface area contributed by atoms with Crippen LogP contribution in [0.15, 0.2) is 48.5 Å². The molecule has 0 fully saturated rings. The van der Waals surface area contributed by atoms with E-state index in [2.05, 4.69) is 26.0 Å². The van der Waals surface area contributed by atoms with Gasteiger partial charge in [-0.15, -0.1) is 10.2 Å². The van der Waals surface area contributed by atoms with Crippen molar-refractivity contribution in [2.75, 3.05) is 18.9 Å². The van der Waals surface area contributed by atoms with Crippen molar-refractivity contribution in [2.24, 2.45) is 0 Å². The third-order valence-electron chi connectivity index (χ3n) is 3.67. The van der Waals surface area contributed by atoms with Crippen molar-refractivity contribution in [1.29, 1.82) is 0 Å². The van der Waals surface area contributed by atoms with Crippen LogP contribution in [0.5, 0.6) is 0 Å². The number of anilines is 2. The second-order valence-electron chi connectivity index (χ2n) is 5.56. The van der Waals surface area contributed by atoms with Gasteiger partial charge in [0, 0.05) is 23.5 Å². The summed E-state index contributed by atoms with van der Waals surface area (Å²) in [4.78, 5) is 1.49. The molecule has 3 aromatic rings. The summed E-state index contributed by atoms with van der Waals surface area (Å²) in [5.74, 6) is 0.441. The number of alkyl halides is 3. The maximum Gasteiger partial charge on any atom is 0.416 e. The molecule has 0 radical (unpaired) electrons. The van der Waals surface area contributed by atoms with E-state index in [9.17, 15) is 13.2 Å². The fraction of sp³-hybridized carbons (Fsp3) is 0.235. The summed E-state index contributed by atoms with van der Waals surface area (Å²) in [6.07, 6.45) is -4.35. The van der Waals surface area contributed by atoms with Crippen LogP contribution in [0.2, 0.25) is 0 Å². The molecule has 0 aliphatic heterocycles. The van der Waals surface area contributed by atoms with Crippen LogP contribution < -0.4 is 10.6 Å². The summed E-state index contributed by atoms with van der Waals surface area (Å²) in [7, 11) is 1.83. The first-order valence-corrected chi connectivity index (χ1v) is 7.93. The Balaban J connectivity index is 1.82. The number of para-hydroxylation sites is 1. The molecule has 6 nitrogen and oxygen atoms in total. The van der Waals surface area contributed by atoms with Gasteiger partial charge in [-0.1, -0.05) is 12.1 Å². The number of rotatable bonds is 6. The van der Waals surface area contributed by atoms with E-state index >= 15 is 0 Å². The van der Waals surface area contributed by atoms with E-state index < -0.39 is 11.7 Å². The van der Waals surface area contributed by atoms with Gasteiger partial charge in [-0.2, -0.15) is 18.0 Å². The molecule has 1 aromatic heterocycles. The van der Waals surface area contributed by atoms with Crippen LogP contribution in [-0.4, -0.2) is 33.8 Å². The van der Waals surface area contributed by atoms with E-state index in [4.69, 9.17) is 0 Å². The molecule has 0 amide bonds. The SMILES string of the molecule is CNCCn1nnc(-c2ccccc2Nc2ccc(C(F)(F)F)cc2)n1. The van der Waals surface area contributed by atoms with Gasteiger partial charge in [-0.05, 0) is 48.7 Å². The van der Waals surface area contributed by atoms with Crippen molar-refractivity contribution >= 4 is 11.4 Å². The molecule has 0 unspecified atom stereocenters. The predicted molar refractivity (Wildman–Crippen MR) is 91.9 cm³/mol. The third kappa shape index (κ3) is 4.17. The number of tetrazole rings is 1. The summed E-state index contributed by atoms with van der Waals surface area (Å²) in [6, 6.07) is 12.1. The normalized spacial score (nSPS) is 11.5. The Morgan fingerprint density at radius 2 is 1.77 bits per heavy atom. The highest BCUT2D eigenvalue weighted by Gasteiger charge is 2.29. The smallest absolute Gasteiger partial charge is 0.355 e. The fourth-order valence-corrected chi connectivity index (χ4v) is 2.34. The van der Waals surface area contributed by atoms with Gasteiger partial charge in [0.05, 0.1) is 12.1 Å². The van der Waals surface area contributed by atoms with E-state index in [0.29, 0.717) is 35.9 Å². The Kier molecular flexibility index (Phi) is 5.17. The first-order valence-electron chi connectivity index (χ1n) is 7.93. The van der Waals surface area contributed by atoms with Crippen molar-refractivity contribution in [3.05, 3.63) is 54.1 Å². The number of hydrogen-bond acceptors (Lipinski definition) is 5. The lowest BCUT2D eigenvalue weighted by Gasteiger charge is -2.11. The summed E-state index contributed by atoms with van der Waals surface area (Å²) in [5, 5.41) is 18.5. The highest BCUT2D eigenvalue weighted by atomic mass is 19.4. The Bertz CT molecular complexity index is 857. The number of nitrogens with zero attached hydrogens (tertiary/aromatic N) is 4. The fourth-order valence-electron chi connectivity index (χ4n) is 2.34. The van der Waals surface area contributed by atoms with Gasteiger partial charge in [0.15, 0.2) is 0 Å². The van der Waals surface area contributed by atoms with Crippen LogP contribution in [0.1, 0.15) is 5.56 Å². The number of hydrogen-bond donors (Lipinski definition) is 2. The lowest BCUT2D eigenvalue weighted by molar-refractivity contribution is -0.137. The zero-order chi connectivity index (χ0) is 18.6. The standard InChI is InChI=1S/C17H17F3N6/c1-21-10-11-26-24-16(23-25-26)14-4-2-3-5-15(14)22-13-8-6-12(7-9-13)17(18,19)20/h2-9,21-22H,10-11H2,1H3. The average Bonchev–Trinajstić information content (AvgIpc) is 3.09. The van der Waals surface area contributed by atoms with Crippen LogP contribution in [0.25, 0.3) is 11.4 Å². The summed E-state index contributed by atoms with van der Waals surface area (Å²) >= 11 is 0. The van der Waals surface area contributed by atoms with Crippen LogP contribution in [-0.2, 0) is 12.7 Å². The van der Waals surface area contributed by atoms with E-state index in [-0.39, 0.29) is 0 Å². The molecule has 0 saturated heterocycles. The molecular formula is C17H17F3N6. The topological polar surface area (TPSA) is 67.7 Å². The molecule has 136 valence electrons. The molecule has 2 N–H and O–H groups in total. The average molecular weight is 362 g/mol. The molecule has 0 saturated carbocycles. The third-order valence-corrected chi connectivity index (χ3v) is 3.67. The first-order chi connectivity index (χ1) is 12.5. The molecular weight excluding hydrogens is 345 g/mol. The van der Waals surface area contributed by atoms with Crippen LogP contribution in [0.3, 0.4) is 0 Å². The van der Waals surface area contributed by atoms with Crippen molar-refractivity contribution in [3.63, 3.8) is 0 Å². The van der Waals surface area contributed by atoms with Crippen LogP contribution in [0.4, 0.5) is 24.5 Å². The first kappa shape index (κ1) is 17.9. The number of benzene rings is 2. The molecule has 0 aliphatic rings. The van der Waals surface area contributed by atoms with Gasteiger partial charge in [0.2, 0.25) is 5.82 Å². The molecule has 2 aromatic carbocycles. The number of likely N-dealkylation sites (N-methyl/N-ethyl adjacent to an activating group) is 1. The minimum Gasteiger partial charge on any atom is -0.355 e. The van der Waals surface area contributed by atoms with Gasteiger partial charge in [0.25, 0.3) is 0 Å². The largest absolute Gasteiger partial charge is 0.416 e. The molecule has 3 rings (SSSR count). The van der Waals surface area contributed by atoms with E-state index in [1.54, 1.807) is 6.07 Å².